The Labute approximate surface area is 181 Å². The maximum atomic E-state index is 10.7. The number of benzene rings is 2. The molecule has 1 amide bonds. The van der Waals surface area contributed by atoms with Crippen LogP contribution in [0, 0.1) is 0 Å². The van der Waals surface area contributed by atoms with E-state index in [0.29, 0.717) is 19.3 Å². The molecule has 7 nitrogen and oxygen atoms in total. The van der Waals surface area contributed by atoms with Crippen LogP contribution < -0.4 is 16.0 Å². The van der Waals surface area contributed by atoms with Gasteiger partial charge in [0, 0.05) is 36.2 Å². The molecule has 4 N–H and O–H groups in total. The average molecular weight is 415 g/mol. The number of para-hydroxylation sites is 1. The highest BCUT2D eigenvalue weighted by molar-refractivity contribution is 5.85. The summed E-state index contributed by atoms with van der Waals surface area (Å²) >= 11 is 0. The van der Waals surface area contributed by atoms with Crippen LogP contribution in [0.2, 0.25) is 0 Å². The third kappa shape index (κ3) is 4.90. The van der Waals surface area contributed by atoms with Gasteiger partial charge in [0.25, 0.3) is 0 Å². The van der Waals surface area contributed by atoms with Crippen LogP contribution in [-0.4, -0.2) is 28.9 Å². The number of carbonyl (C=O) groups is 1. The summed E-state index contributed by atoms with van der Waals surface area (Å²) in [6, 6.07) is 21.3. The number of anilines is 3. The highest BCUT2D eigenvalue weighted by Gasteiger charge is 2.33. The number of amidine groups is 1. The lowest BCUT2D eigenvalue weighted by Crippen LogP contribution is -2.25. The molecule has 0 saturated carbocycles. The maximum Gasteiger partial charge on any atom is 0.211 e. The van der Waals surface area contributed by atoms with Crippen molar-refractivity contribution < 1.29 is 9.90 Å². The first kappa shape index (κ1) is 20.6. The van der Waals surface area contributed by atoms with Gasteiger partial charge in [0.15, 0.2) is 0 Å². The Morgan fingerprint density at radius 1 is 1.00 bits per heavy atom. The fraction of sp³-hybridized carbons (Fsp3) is 0.208. The number of hydrogen-bond donors (Lipinski definition) is 4. The maximum absolute atomic E-state index is 10.7. The summed E-state index contributed by atoms with van der Waals surface area (Å²) in [6.45, 7) is 0.121. The van der Waals surface area contributed by atoms with E-state index in [9.17, 15) is 9.90 Å². The molecule has 1 aromatic heterocycles. The first-order chi connectivity index (χ1) is 15.3. The third-order valence-corrected chi connectivity index (χ3v) is 5.19. The fourth-order valence-electron chi connectivity index (χ4n) is 3.71. The summed E-state index contributed by atoms with van der Waals surface area (Å²) < 4.78 is 0. The zero-order valence-corrected chi connectivity index (χ0v) is 17.0. The number of amides is 1. The minimum Gasteiger partial charge on any atom is -0.396 e. The second kappa shape index (κ2) is 9.86. The van der Waals surface area contributed by atoms with Crippen LogP contribution in [0.4, 0.5) is 17.2 Å². The number of nitrogens with one attached hydrogen (secondary N) is 3. The number of aliphatic imine (C=N–C) groups is 1. The van der Waals surface area contributed by atoms with E-state index in [1.807, 2.05) is 60.7 Å². The van der Waals surface area contributed by atoms with Gasteiger partial charge in [-0.2, -0.15) is 0 Å². The molecule has 0 saturated heterocycles. The number of aliphatic hydroxyl groups is 1. The molecule has 1 aliphatic heterocycles. The first-order valence-corrected chi connectivity index (χ1v) is 10.3. The summed E-state index contributed by atoms with van der Waals surface area (Å²) in [5, 5.41) is 18.9. The van der Waals surface area contributed by atoms with Crippen molar-refractivity contribution in [2.24, 2.45) is 4.99 Å². The quantitative estimate of drug-likeness (QED) is 0.397. The second-order valence-electron chi connectivity index (χ2n) is 7.29. The number of pyridine rings is 1. The van der Waals surface area contributed by atoms with Crippen LogP contribution in [-0.2, 0) is 4.79 Å². The van der Waals surface area contributed by atoms with Crippen molar-refractivity contribution in [2.75, 3.05) is 17.2 Å². The monoisotopic (exact) mass is 415 g/mol. The van der Waals surface area contributed by atoms with Crippen LogP contribution >= 0.6 is 0 Å². The Hall–Kier alpha value is -3.71. The zero-order chi connectivity index (χ0) is 21.5. The highest BCUT2D eigenvalue weighted by Crippen LogP contribution is 2.39. The Bertz CT molecular complexity index is 1040. The van der Waals surface area contributed by atoms with Crippen molar-refractivity contribution in [3.05, 3.63) is 84.1 Å². The summed E-state index contributed by atoms with van der Waals surface area (Å²) in [4.78, 5) is 20.2. The van der Waals surface area contributed by atoms with E-state index >= 15 is 0 Å². The number of carbonyl (C=O) groups excluding carboxylic acids is 1. The molecule has 0 spiro atoms. The van der Waals surface area contributed by atoms with E-state index in [-0.39, 0.29) is 18.7 Å². The van der Waals surface area contributed by atoms with E-state index in [1.165, 1.54) is 0 Å². The standard InChI is InChI=1S/C24H25N5O2/c30-15-5-9-21-28-22(17-10-12-18(13-11-17)26-16-31)23(29-21)20-8-4-14-25-24(20)27-19-6-2-1-3-7-19/h1-4,6-8,10-14,16,22-23,30H,5,9,15H2,(H,25,27)(H,26,31)(H,28,29). The van der Waals surface area contributed by atoms with Gasteiger partial charge in [-0.15, -0.1) is 0 Å². The topological polar surface area (TPSA) is 98.6 Å². The Morgan fingerprint density at radius 2 is 1.81 bits per heavy atom. The van der Waals surface area contributed by atoms with E-state index < -0.39 is 0 Å². The SMILES string of the molecule is O=CNc1ccc(C2N=C(CCCO)NC2c2cccnc2Nc2ccccc2)cc1. The average Bonchev–Trinajstić information content (AvgIpc) is 3.23. The minimum absolute atomic E-state index is 0.113. The summed E-state index contributed by atoms with van der Waals surface area (Å²) in [7, 11) is 0. The second-order valence-corrected chi connectivity index (χ2v) is 7.29. The summed E-state index contributed by atoms with van der Waals surface area (Å²) in [5.74, 6) is 1.64. The van der Waals surface area contributed by atoms with E-state index in [0.717, 1.165) is 34.2 Å². The van der Waals surface area contributed by atoms with Crippen LogP contribution in [0.1, 0.15) is 36.1 Å². The molecule has 2 atom stereocenters. The third-order valence-electron chi connectivity index (χ3n) is 5.19. The molecule has 4 rings (SSSR count). The molecule has 0 bridgehead atoms. The summed E-state index contributed by atoms with van der Waals surface area (Å²) in [5.41, 5.74) is 3.73. The predicted molar refractivity (Wildman–Crippen MR) is 122 cm³/mol. The van der Waals surface area contributed by atoms with Gasteiger partial charge in [-0.3, -0.25) is 9.79 Å². The van der Waals surface area contributed by atoms with E-state index in [1.54, 1.807) is 6.20 Å². The number of hydrogen-bond acceptors (Lipinski definition) is 6. The van der Waals surface area contributed by atoms with Crippen molar-refractivity contribution in [3.63, 3.8) is 0 Å². The van der Waals surface area contributed by atoms with Gasteiger partial charge in [0.2, 0.25) is 6.41 Å². The molecule has 7 heteroatoms. The Balaban J connectivity index is 1.66. The molecule has 0 radical (unpaired) electrons. The van der Waals surface area contributed by atoms with E-state index in [2.05, 4.69) is 27.0 Å². The molecular formula is C24H25N5O2. The number of nitrogens with zero attached hydrogens (tertiary/aromatic N) is 2. The van der Waals surface area contributed by atoms with E-state index in [4.69, 9.17) is 4.99 Å². The normalized spacial score (nSPS) is 17.5. The lowest BCUT2D eigenvalue weighted by atomic mass is 9.95. The summed E-state index contributed by atoms with van der Waals surface area (Å²) in [6.07, 6.45) is 3.76. The lowest BCUT2D eigenvalue weighted by Gasteiger charge is -2.22. The molecule has 2 aromatic carbocycles. The number of rotatable bonds is 9. The van der Waals surface area contributed by atoms with Gasteiger partial charge in [-0.05, 0) is 42.3 Å². The lowest BCUT2D eigenvalue weighted by molar-refractivity contribution is -0.105. The van der Waals surface area contributed by atoms with Gasteiger partial charge < -0.3 is 21.1 Å². The molecule has 2 heterocycles. The van der Waals surface area contributed by atoms with Crippen molar-refractivity contribution in [1.29, 1.82) is 0 Å². The first-order valence-electron chi connectivity index (χ1n) is 10.3. The Kier molecular flexibility index (Phi) is 6.54. The highest BCUT2D eigenvalue weighted by atomic mass is 16.2. The molecule has 2 unspecified atom stereocenters. The van der Waals surface area contributed by atoms with Crippen LogP contribution in [0.25, 0.3) is 0 Å². The van der Waals surface area contributed by atoms with Crippen LogP contribution in [0.3, 0.4) is 0 Å². The molecule has 3 aromatic rings. The van der Waals surface area contributed by atoms with Gasteiger partial charge >= 0.3 is 0 Å². The molecule has 158 valence electrons. The van der Waals surface area contributed by atoms with Crippen LogP contribution in [0.5, 0.6) is 0 Å². The van der Waals surface area contributed by atoms with Gasteiger partial charge in [-0.25, -0.2) is 4.98 Å². The molecular weight excluding hydrogens is 390 g/mol. The number of aliphatic hydroxyl groups excluding tert-OH is 1. The van der Waals surface area contributed by atoms with Crippen LogP contribution in [0.15, 0.2) is 77.9 Å². The smallest absolute Gasteiger partial charge is 0.211 e. The van der Waals surface area contributed by atoms with Gasteiger partial charge in [0.1, 0.15) is 11.9 Å². The largest absolute Gasteiger partial charge is 0.396 e. The molecule has 0 aliphatic carbocycles. The number of aromatic nitrogens is 1. The Morgan fingerprint density at radius 3 is 2.55 bits per heavy atom. The molecule has 31 heavy (non-hydrogen) atoms. The minimum atomic E-state index is -0.153. The zero-order valence-electron chi connectivity index (χ0n) is 17.0. The van der Waals surface area contributed by atoms with Crippen molar-refractivity contribution in [3.8, 4) is 0 Å². The predicted octanol–water partition coefficient (Wildman–Crippen LogP) is 3.95. The van der Waals surface area contributed by atoms with Gasteiger partial charge in [0.05, 0.1) is 11.9 Å². The molecule has 0 fully saturated rings. The van der Waals surface area contributed by atoms with Crippen molar-refractivity contribution in [2.45, 2.75) is 24.9 Å². The molecule has 1 aliphatic rings. The van der Waals surface area contributed by atoms with Gasteiger partial charge in [-0.1, -0.05) is 36.4 Å². The van der Waals surface area contributed by atoms with Crippen molar-refractivity contribution >= 4 is 29.4 Å². The van der Waals surface area contributed by atoms with Crippen molar-refractivity contribution in [1.82, 2.24) is 10.3 Å². The fourth-order valence-corrected chi connectivity index (χ4v) is 3.71.